The van der Waals surface area contributed by atoms with E-state index < -0.39 is 0 Å². The Labute approximate surface area is 160 Å². The van der Waals surface area contributed by atoms with E-state index >= 15 is 0 Å². The summed E-state index contributed by atoms with van der Waals surface area (Å²) in [7, 11) is 1.87. The second kappa shape index (κ2) is 7.94. The molecule has 0 unspecified atom stereocenters. The van der Waals surface area contributed by atoms with Crippen LogP contribution in [-0.2, 0) is 7.05 Å². The van der Waals surface area contributed by atoms with Gasteiger partial charge in [0.05, 0.1) is 11.3 Å². The van der Waals surface area contributed by atoms with E-state index in [1.54, 1.807) is 4.68 Å². The summed E-state index contributed by atoms with van der Waals surface area (Å²) in [4.78, 5) is 19.2. The Morgan fingerprint density at radius 2 is 1.74 bits per heavy atom. The molecule has 1 aliphatic heterocycles. The lowest BCUT2D eigenvalue weighted by atomic mass is 10.1. The summed E-state index contributed by atoms with van der Waals surface area (Å²) in [5.74, 6) is 1.84. The molecule has 1 saturated heterocycles. The lowest BCUT2D eigenvalue weighted by Crippen LogP contribution is -2.49. The number of rotatable bonds is 5. The van der Waals surface area contributed by atoms with Crippen LogP contribution in [0.5, 0.6) is 0 Å². The molecule has 0 radical (unpaired) electrons. The van der Waals surface area contributed by atoms with E-state index in [1.807, 2.05) is 37.9 Å². The third kappa shape index (κ3) is 3.74. The molecule has 3 heterocycles. The molecule has 3 rings (SSSR count). The summed E-state index contributed by atoms with van der Waals surface area (Å²) in [5, 5.41) is 13.1. The number of carbonyl (C=O) groups excluding carboxylic acids is 1. The SMILES string of the molecule is CCN(CC)c1ccc(N2CCN(C(=O)c3c(C)nn(C)c3C)CC2)nn1. The molecule has 8 nitrogen and oxygen atoms in total. The van der Waals surface area contributed by atoms with Crippen molar-refractivity contribution >= 4 is 17.5 Å². The first-order valence-corrected chi connectivity index (χ1v) is 9.59. The van der Waals surface area contributed by atoms with E-state index in [1.165, 1.54) is 0 Å². The molecule has 27 heavy (non-hydrogen) atoms. The molecule has 0 aromatic carbocycles. The van der Waals surface area contributed by atoms with E-state index in [2.05, 4.69) is 38.9 Å². The van der Waals surface area contributed by atoms with Gasteiger partial charge in [0.1, 0.15) is 0 Å². The number of amides is 1. The zero-order valence-corrected chi connectivity index (χ0v) is 16.9. The van der Waals surface area contributed by atoms with Gasteiger partial charge >= 0.3 is 0 Å². The number of carbonyl (C=O) groups is 1. The van der Waals surface area contributed by atoms with Crippen LogP contribution in [0.4, 0.5) is 11.6 Å². The largest absolute Gasteiger partial charge is 0.356 e. The van der Waals surface area contributed by atoms with Gasteiger partial charge in [-0.05, 0) is 39.8 Å². The zero-order valence-electron chi connectivity index (χ0n) is 16.9. The van der Waals surface area contributed by atoms with Crippen molar-refractivity contribution in [3.63, 3.8) is 0 Å². The Bertz CT molecular complexity index is 787. The average molecular weight is 371 g/mol. The Hall–Kier alpha value is -2.64. The molecule has 1 amide bonds. The standard InChI is InChI=1S/C19H29N7O/c1-6-24(7-2)16-8-9-17(21-20-16)25-10-12-26(13-11-25)19(27)18-14(3)22-23(5)15(18)4/h8-9H,6-7,10-13H2,1-5H3. The summed E-state index contributed by atoms with van der Waals surface area (Å²) < 4.78 is 1.77. The third-order valence-electron chi connectivity index (χ3n) is 5.34. The van der Waals surface area contributed by atoms with Gasteiger partial charge in [-0.15, -0.1) is 10.2 Å². The van der Waals surface area contributed by atoms with Crippen molar-refractivity contribution < 1.29 is 4.79 Å². The first kappa shape index (κ1) is 19.1. The maximum absolute atomic E-state index is 12.9. The van der Waals surface area contributed by atoms with Gasteiger partial charge in [-0.1, -0.05) is 0 Å². The van der Waals surface area contributed by atoms with Gasteiger partial charge in [-0.3, -0.25) is 9.48 Å². The Morgan fingerprint density at radius 3 is 2.22 bits per heavy atom. The molecule has 1 fully saturated rings. The molecule has 0 N–H and O–H groups in total. The predicted octanol–water partition coefficient (Wildman–Crippen LogP) is 1.64. The van der Waals surface area contributed by atoms with Gasteiger partial charge < -0.3 is 14.7 Å². The highest BCUT2D eigenvalue weighted by Crippen LogP contribution is 2.19. The Morgan fingerprint density at radius 1 is 1.07 bits per heavy atom. The van der Waals surface area contributed by atoms with E-state index in [9.17, 15) is 4.79 Å². The van der Waals surface area contributed by atoms with Crippen LogP contribution < -0.4 is 9.80 Å². The van der Waals surface area contributed by atoms with Crippen molar-refractivity contribution in [2.75, 3.05) is 49.1 Å². The average Bonchev–Trinajstić information content (AvgIpc) is 2.94. The molecule has 2 aromatic rings. The van der Waals surface area contributed by atoms with E-state index in [0.717, 1.165) is 54.8 Å². The van der Waals surface area contributed by atoms with Crippen molar-refractivity contribution in [2.24, 2.45) is 7.05 Å². The Balaban J connectivity index is 1.64. The third-order valence-corrected chi connectivity index (χ3v) is 5.34. The first-order valence-electron chi connectivity index (χ1n) is 9.59. The summed E-state index contributed by atoms with van der Waals surface area (Å²) in [6.45, 7) is 12.7. The van der Waals surface area contributed by atoms with E-state index in [0.29, 0.717) is 13.1 Å². The fraction of sp³-hybridized carbons (Fsp3) is 0.579. The van der Waals surface area contributed by atoms with Gasteiger partial charge in [0.2, 0.25) is 0 Å². The van der Waals surface area contributed by atoms with Crippen molar-refractivity contribution in [3.05, 3.63) is 29.1 Å². The maximum atomic E-state index is 12.9. The number of aromatic nitrogens is 4. The minimum Gasteiger partial charge on any atom is -0.356 e. The molecule has 0 spiro atoms. The normalized spacial score (nSPS) is 14.6. The minimum atomic E-state index is 0.0701. The highest BCUT2D eigenvalue weighted by atomic mass is 16.2. The predicted molar refractivity (Wildman–Crippen MR) is 106 cm³/mol. The summed E-state index contributed by atoms with van der Waals surface area (Å²) in [5.41, 5.74) is 2.44. The Kier molecular flexibility index (Phi) is 5.62. The van der Waals surface area contributed by atoms with Crippen LogP contribution in [0.25, 0.3) is 0 Å². The summed E-state index contributed by atoms with van der Waals surface area (Å²) in [6, 6.07) is 4.04. The molecule has 146 valence electrons. The molecular formula is C19H29N7O. The van der Waals surface area contributed by atoms with Gasteiger partial charge in [0.25, 0.3) is 5.91 Å². The summed E-state index contributed by atoms with van der Waals surface area (Å²) >= 11 is 0. The highest BCUT2D eigenvalue weighted by Gasteiger charge is 2.27. The van der Waals surface area contributed by atoms with E-state index in [4.69, 9.17) is 0 Å². The number of piperazine rings is 1. The molecular weight excluding hydrogens is 342 g/mol. The smallest absolute Gasteiger partial charge is 0.257 e. The minimum absolute atomic E-state index is 0.0701. The van der Waals surface area contributed by atoms with E-state index in [-0.39, 0.29) is 5.91 Å². The van der Waals surface area contributed by atoms with Crippen molar-refractivity contribution in [1.82, 2.24) is 24.9 Å². The fourth-order valence-corrected chi connectivity index (χ4v) is 3.58. The number of nitrogens with zero attached hydrogens (tertiary/aromatic N) is 7. The second-order valence-electron chi connectivity index (χ2n) is 6.87. The summed E-state index contributed by atoms with van der Waals surface area (Å²) in [6.07, 6.45) is 0. The topological polar surface area (TPSA) is 70.4 Å². The van der Waals surface area contributed by atoms with Gasteiger partial charge in [-0.25, -0.2) is 0 Å². The second-order valence-corrected chi connectivity index (χ2v) is 6.87. The number of aryl methyl sites for hydroxylation is 2. The molecule has 1 aliphatic rings. The van der Waals surface area contributed by atoms with Crippen LogP contribution in [0.15, 0.2) is 12.1 Å². The van der Waals surface area contributed by atoms with Gasteiger partial charge in [0.15, 0.2) is 11.6 Å². The molecule has 0 bridgehead atoms. The molecule has 0 aliphatic carbocycles. The first-order chi connectivity index (χ1) is 13.0. The monoisotopic (exact) mass is 371 g/mol. The number of hydrogen-bond acceptors (Lipinski definition) is 6. The lowest BCUT2D eigenvalue weighted by Gasteiger charge is -2.35. The number of anilines is 2. The van der Waals surface area contributed by atoms with Crippen LogP contribution >= 0.6 is 0 Å². The van der Waals surface area contributed by atoms with Crippen LogP contribution in [-0.4, -0.2) is 70.1 Å². The quantitative estimate of drug-likeness (QED) is 0.796. The van der Waals surface area contributed by atoms with Gasteiger partial charge in [-0.2, -0.15) is 5.10 Å². The van der Waals surface area contributed by atoms with Gasteiger partial charge in [0, 0.05) is 52.0 Å². The van der Waals surface area contributed by atoms with Crippen molar-refractivity contribution in [2.45, 2.75) is 27.7 Å². The van der Waals surface area contributed by atoms with Crippen LogP contribution in [0.3, 0.4) is 0 Å². The van der Waals surface area contributed by atoms with Crippen LogP contribution in [0.2, 0.25) is 0 Å². The van der Waals surface area contributed by atoms with Crippen molar-refractivity contribution in [3.8, 4) is 0 Å². The molecule has 0 atom stereocenters. The highest BCUT2D eigenvalue weighted by molar-refractivity contribution is 5.96. The fourth-order valence-electron chi connectivity index (χ4n) is 3.58. The number of hydrogen-bond donors (Lipinski definition) is 0. The van der Waals surface area contributed by atoms with Crippen LogP contribution in [0.1, 0.15) is 35.6 Å². The zero-order chi connectivity index (χ0) is 19.6. The molecule has 2 aromatic heterocycles. The molecule has 0 saturated carbocycles. The van der Waals surface area contributed by atoms with Crippen LogP contribution in [0, 0.1) is 13.8 Å². The van der Waals surface area contributed by atoms with Crippen molar-refractivity contribution in [1.29, 1.82) is 0 Å². The lowest BCUT2D eigenvalue weighted by molar-refractivity contribution is 0.0745. The molecule has 8 heteroatoms. The maximum Gasteiger partial charge on any atom is 0.257 e.